The second-order valence-corrected chi connectivity index (χ2v) is 8.78. The van der Waals surface area contributed by atoms with Gasteiger partial charge < -0.3 is 19.3 Å². The lowest BCUT2D eigenvalue weighted by molar-refractivity contribution is -0.141. The molecule has 0 aromatic heterocycles. The smallest absolute Gasteiger partial charge is 0.227 e. The average Bonchev–Trinajstić information content (AvgIpc) is 3.35. The summed E-state index contributed by atoms with van der Waals surface area (Å²) in [4.78, 5) is 30.1. The van der Waals surface area contributed by atoms with Crippen LogP contribution in [0.4, 0.5) is 0 Å². The molecule has 0 radical (unpaired) electrons. The molecule has 2 aromatic rings. The van der Waals surface area contributed by atoms with Crippen LogP contribution in [0.25, 0.3) is 0 Å². The van der Waals surface area contributed by atoms with Crippen molar-refractivity contribution in [2.24, 2.45) is 5.92 Å². The SMILES string of the molecule is CCOc1ccc([C@@H]2CCCN2C(=O)[C@@H]2CCCN(C(=O)CCOc3ccccc3)C2)cc1. The molecule has 6 heteroatoms. The van der Waals surface area contributed by atoms with Crippen LogP contribution >= 0.6 is 0 Å². The van der Waals surface area contributed by atoms with E-state index in [-0.39, 0.29) is 23.8 Å². The van der Waals surface area contributed by atoms with Crippen molar-refractivity contribution in [3.63, 3.8) is 0 Å². The minimum absolute atomic E-state index is 0.0629. The number of carbonyl (C=O) groups excluding carboxylic acids is 2. The monoisotopic (exact) mass is 450 g/mol. The van der Waals surface area contributed by atoms with E-state index in [1.54, 1.807) is 0 Å². The van der Waals surface area contributed by atoms with Crippen LogP contribution in [0.3, 0.4) is 0 Å². The molecule has 2 aliphatic rings. The molecule has 0 saturated carbocycles. The number of para-hydroxylation sites is 1. The van der Waals surface area contributed by atoms with Crippen molar-refractivity contribution in [2.45, 2.75) is 45.1 Å². The Kier molecular flexibility index (Phi) is 7.87. The van der Waals surface area contributed by atoms with Gasteiger partial charge in [0.2, 0.25) is 11.8 Å². The van der Waals surface area contributed by atoms with Gasteiger partial charge in [0, 0.05) is 19.6 Å². The second kappa shape index (κ2) is 11.2. The van der Waals surface area contributed by atoms with Gasteiger partial charge in [0.1, 0.15) is 11.5 Å². The zero-order valence-electron chi connectivity index (χ0n) is 19.4. The van der Waals surface area contributed by atoms with Crippen molar-refractivity contribution in [1.29, 1.82) is 0 Å². The van der Waals surface area contributed by atoms with E-state index in [2.05, 4.69) is 12.1 Å². The predicted octanol–water partition coefficient (Wildman–Crippen LogP) is 4.46. The highest BCUT2D eigenvalue weighted by molar-refractivity contribution is 5.82. The van der Waals surface area contributed by atoms with Gasteiger partial charge in [-0.1, -0.05) is 30.3 Å². The summed E-state index contributed by atoms with van der Waals surface area (Å²) in [5, 5.41) is 0. The number of piperidine rings is 1. The minimum Gasteiger partial charge on any atom is -0.494 e. The standard InChI is InChI=1S/C27H34N2O4/c1-2-32-24-14-12-21(13-15-24)25-11-7-18-29(25)27(31)22-8-6-17-28(20-22)26(30)16-19-33-23-9-4-3-5-10-23/h3-5,9-10,12-15,22,25H,2,6-8,11,16-20H2,1H3/t22-,25+/m1/s1. The maximum absolute atomic E-state index is 13.5. The zero-order valence-corrected chi connectivity index (χ0v) is 19.4. The Labute approximate surface area is 196 Å². The highest BCUT2D eigenvalue weighted by Crippen LogP contribution is 2.35. The number of carbonyl (C=O) groups is 2. The lowest BCUT2D eigenvalue weighted by Gasteiger charge is -2.36. The predicted molar refractivity (Wildman–Crippen MR) is 127 cm³/mol. The average molecular weight is 451 g/mol. The maximum atomic E-state index is 13.5. The Hall–Kier alpha value is -3.02. The van der Waals surface area contributed by atoms with Crippen molar-refractivity contribution in [3.8, 4) is 11.5 Å². The lowest BCUT2D eigenvalue weighted by Crippen LogP contribution is -2.46. The number of amides is 2. The third-order valence-corrected chi connectivity index (χ3v) is 6.56. The number of rotatable bonds is 8. The molecule has 33 heavy (non-hydrogen) atoms. The molecule has 2 heterocycles. The normalized spacial score (nSPS) is 20.5. The Morgan fingerprint density at radius 2 is 1.64 bits per heavy atom. The van der Waals surface area contributed by atoms with Gasteiger partial charge in [-0.15, -0.1) is 0 Å². The molecule has 0 aliphatic carbocycles. The van der Waals surface area contributed by atoms with Crippen LogP contribution in [-0.4, -0.2) is 54.5 Å². The summed E-state index contributed by atoms with van der Waals surface area (Å²) in [6.07, 6.45) is 4.02. The Balaban J connectivity index is 1.32. The van der Waals surface area contributed by atoms with E-state index in [0.717, 1.165) is 55.8 Å². The van der Waals surface area contributed by atoms with Gasteiger partial charge in [-0.05, 0) is 62.4 Å². The van der Waals surface area contributed by atoms with Crippen LogP contribution in [0, 0.1) is 5.92 Å². The number of benzene rings is 2. The van der Waals surface area contributed by atoms with E-state index in [4.69, 9.17) is 9.47 Å². The zero-order chi connectivity index (χ0) is 23.0. The first-order valence-corrected chi connectivity index (χ1v) is 12.1. The molecule has 2 atom stereocenters. The summed E-state index contributed by atoms with van der Waals surface area (Å²) in [7, 11) is 0. The molecule has 2 amide bonds. The molecule has 4 rings (SSSR count). The van der Waals surface area contributed by atoms with Gasteiger partial charge in [-0.25, -0.2) is 0 Å². The van der Waals surface area contributed by atoms with E-state index >= 15 is 0 Å². The molecule has 6 nitrogen and oxygen atoms in total. The van der Waals surface area contributed by atoms with Gasteiger partial charge in [-0.3, -0.25) is 9.59 Å². The van der Waals surface area contributed by atoms with Crippen molar-refractivity contribution in [1.82, 2.24) is 9.80 Å². The summed E-state index contributed by atoms with van der Waals surface area (Å²) >= 11 is 0. The quantitative estimate of drug-likeness (QED) is 0.596. The fraction of sp³-hybridized carbons (Fsp3) is 0.481. The lowest BCUT2D eigenvalue weighted by atomic mass is 9.95. The Bertz CT molecular complexity index is 915. The number of hydrogen-bond donors (Lipinski definition) is 0. The van der Waals surface area contributed by atoms with Gasteiger partial charge in [0.15, 0.2) is 0 Å². The van der Waals surface area contributed by atoms with Gasteiger partial charge in [0.25, 0.3) is 0 Å². The Morgan fingerprint density at radius 3 is 2.39 bits per heavy atom. The van der Waals surface area contributed by atoms with Crippen LogP contribution in [0.2, 0.25) is 0 Å². The van der Waals surface area contributed by atoms with E-state index in [0.29, 0.717) is 26.2 Å². The summed E-state index contributed by atoms with van der Waals surface area (Å²) < 4.78 is 11.2. The molecule has 0 spiro atoms. The molecule has 2 aliphatic heterocycles. The first-order chi connectivity index (χ1) is 16.2. The maximum Gasteiger partial charge on any atom is 0.227 e. The van der Waals surface area contributed by atoms with Crippen molar-refractivity contribution in [3.05, 3.63) is 60.2 Å². The number of likely N-dealkylation sites (tertiary alicyclic amines) is 2. The third-order valence-electron chi connectivity index (χ3n) is 6.56. The van der Waals surface area contributed by atoms with Crippen LogP contribution < -0.4 is 9.47 Å². The van der Waals surface area contributed by atoms with Gasteiger partial charge >= 0.3 is 0 Å². The first kappa shape index (κ1) is 23.1. The summed E-state index contributed by atoms with van der Waals surface area (Å²) in [5.74, 6) is 1.75. The molecule has 0 unspecified atom stereocenters. The van der Waals surface area contributed by atoms with Crippen molar-refractivity contribution >= 4 is 11.8 Å². The molecule has 176 valence electrons. The number of hydrogen-bond acceptors (Lipinski definition) is 4. The number of ether oxygens (including phenoxy) is 2. The summed E-state index contributed by atoms with van der Waals surface area (Å²) in [5.41, 5.74) is 1.16. The van der Waals surface area contributed by atoms with Crippen LogP contribution in [0.5, 0.6) is 11.5 Å². The minimum atomic E-state index is -0.124. The van der Waals surface area contributed by atoms with E-state index in [1.165, 1.54) is 0 Å². The molecule has 2 fully saturated rings. The molecule has 2 saturated heterocycles. The van der Waals surface area contributed by atoms with Crippen molar-refractivity contribution < 1.29 is 19.1 Å². The second-order valence-electron chi connectivity index (χ2n) is 8.78. The summed E-state index contributed by atoms with van der Waals surface area (Å²) in [6.45, 7) is 4.98. The van der Waals surface area contributed by atoms with E-state index in [1.807, 2.05) is 59.2 Å². The highest BCUT2D eigenvalue weighted by atomic mass is 16.5. The van der Waals surface area contributed by atoms with E-state index in [9.17, 15) is 9.59 Å². The first-order valence-electron chi connectivity index (χ1n) is 12.1. The van der Waals surface area contributed by atoms with Crippen LogP contribution in [0.15, 0.2) is 54.6 Å². The molecular formula is C27H34N2O4. The number of nitrogens with zero attached hydrogens (tertiary/aromatic N) is 2. The fourth-order valence-electron chi connectivity index (χ4n) is 4.90. The highest BCUT2D eigenvalue weighted by Gasteiger charge is 2.36. The molecule has 0 N–H and O–H groups in total. The topological polar surface area (TPSA) is 59.1 Å². The third kappa shape index (κ3) is 5.86. The van der Waals surface area contributed by atoms with Crippen LogP contribution in [-0.2, 0) is 9.59 Å². The molecule has 2 aromatic carbocycles. The van der Waals surface area contributed by atoms with Gasteiger partial charge in [0.05, 0.1) is 31.6 Å². The van der Waals surface area contributed by atoms with E-state index < -0.39 is 0 Å². The van der Waals surface area contributed by atoms with Crippen molar-refractivity contribution in [2.75, 3.05) is 32.8 Å². The summed E-state index contributed by atoms with van der Waals surface area (Å²) in [6, 6.07) is 17.8. The largest absolute Gasteiger partial charge is 0.494 e. The molecular weight excluding hydrogens is 416 g/mol. The van der Waals surface area contributed by atoms with Gasteiger partial charge in [-0.2, -0.15) is 0 Å². The van der Waals surface area contributed by atoms with Crippen LogP contribution in [0.1, 0.15) is 50.6 Å². The molecule has 0 bridgehead atoms. The fourth-order valence-corrected chi connectivity index (χ4v) is 4.90. The Morgan fingerprint density at radius 1 is 0.909 bits per heavy atom.